The fourth-order valence-corrected chi connectivity index (χ4v) is 3.84. The average molecular weight is 366 g/mol. The van der Waals surface area contributed by atoms with Crippen molar-refractivity contribution in [1.29, 1.82) is 0 Å². The van der Waals surface area contributed by atoms with Gasteiger partial charge in [-0.25, -0.2) is 0 Å². The summed E-state index contributed by atoms with van der Waals surface area (Å²) < 4.78 is 12.4. The van der Waals surface area contributed by atoms with Gasteiger partial charge in [0.2, 0.25) is 13.7 Å². The van der Waals surface area contributed by atoms with Gasteiger partial charge >= 0.3 is 0 Å². The molecule has 0 N–H and O–H groups in total. The minimum absolute atomic E-state index is 0.0502. The van der Waals surface area contributed by atoms with Gasteiger partial charge in [-0.05, 0) is 56.0 Å². The number of unbranched alkanes of at least 4 members (excludes halogenated alkanes) is 3. The second-order valence-electron chi connectivity index (χ2n) is 6.02. The lowest BCUT2D eigenvalue weighted by Crippen LogP contribution is -2.03. The lowest BCUT2D eigenvalue weighted by molar-refractivity contribution is 0.170. The Labute approximate surface area is 157 Å². The maximum atomic E-state index is 12.7. The molecule has 26 heavy (non-hydrogen) atoms. The number of carbonyl (C=O) groups excluding carboxylic acids is 1. The third-order valence-electron chi connectivity index (χ3n) is 4.10. The van der Waals surface area contributed by atoms with E-state index in [1.54, 1.807) is 11.3 Å². The van der Waals surface area contributed by atoms with E-state index in [-0.39, 0.29) is 5.43 Å². The fraction of sp³-hybridized carbons (Fsp3) is 0.300. The molecule has 2 aromatic carbocycles. The van der Waals surface area contributed by atoms with Crippen LogP contribution in [-0.2, 0) is 4.74 Å². The van der Waals surface area contributed by atoms with E-state index in [0.717, 1.165) is 40.5 Å². The number of fused-ring (bicyclic) bond motifs is 2. The van der Waals surface area contributed by atoms with Crippen LogP contribution in [0.1, 0.15) is 25.7 Å². The first-order valence-electron chi connectivity index (χ1n) is 8.66. The quantitative estimate of drug-likeness (QED) is 0.331. The standard InChI is InChI=1S/C20H19BO4S/c21-20(23)25-12-6-2-1-5-11-24-14-9-10-18-16(13-14)19(22)15-7-3-4-8-17(15)26-18/h3-4,7-10,13H,1-2,5-6,11-12H2. The minimum atomic E-state index is -0.726. The van der Waals surface area contributed by atoms with Crippen molar-refractivity contribution in [2.75, 3.05) is 13.2 Å². The van der Waals surface area contributed by atoms with Crippen molar-refractivity contribution >= 4 is 45.2 Å². The van der Waals surface area contributed by atoms with E-state index < -0.39 is 5.87 Å². The molecule has 132 valence electrons. The Bertz CT molecular complexity index is 967. The molecular formula is C20H19BO4S. The van der Waals surface area contributed by atoms with E-state index in [0.29, 0.717) is 24.3 Å². The van der Waals surface area contributed by atoms with Crippen molar-refractivity contribution in [2.24, 2.45) is 0 Å². The first-order chi connectivity index (χ1) is 12.6. The summed E-state index contributed by atoms with van der Waals surface area (Å²) in [6.07, 6.45) is 3.63. The predicted octanol–water partition coefficient (Wildman–Crippen LogP) is 4.66. The molecule has 4 nitrogen and oxygen atoms in total. The number of benzene rings is 2. The molecule has 0 saturated heterocycles. The van der Waals surface area contributed by atoms with Gasteiger partial charge in [0.15, 0.2) is 5.43 Å². The Hall–Kier alpha value is -2.34. The molecule has 0 atom stereocenters. The van der Waals surface area contributed by atoms with E-state index in [4.69, 9.17) is 12.6 Å². The van der Waals surface area contributed by atoms with Gasteiger partial charge in [-0.3, -0.25) is 9.59 Å². The average Bonchev–Trinajstić information content (AvgIpc) is 2.64. The molecular weight excluding hydrogens is 347 g/mol. The van der Waals surface area contributed by atoms with Crippen LogP contribution in [0.4, 0.5) is 4.79 Å². The molecule has 0 amide bonds. The van der Waals surface area contributed by atoms with Gasteiger partial charge in [-0.2, -0.15) is 0 Å². The molecule has 2 radical (unpaired) electrons. The molecule has 1 aromatic heterocycles. The molecule has 0 aliphatic carbocycles. The summed E-state index contributed by atoms with van der Waals surface area (Å²) in [6, 6.07) is 13.4. The molecule has 0 aliphatic heterocycles. The van der Waals surface area contributed by atoms with Gasteiger partial charge in [0.05, 0.1) is 13.2 Å². The van der Waals surface area contributed by atoms with Gasteiger partial charge in [0, 0.05) is 20.2 Å². The third kappa shape index (κ3) is 4.64. The Morgan fingerprint density at radius 2 is 1.65 bits per heavy atom. The van der Waals surface area contributed by atoms with Crippen molar-refractivity contribution in [2.45, 2.75) is 25.7 Å². The highest BCUT2D eigenvalue weighted by Gasteiger charge is 2.07. The van der Waals surface area contributed by atoms with Crippen LogP contribution < -0.4 is 10.2 Å². The molecule has 0 spiro atoms. The molecule has 6 heteroatoms. The summed E-state index contributed by atoms with van der Waals surface area (Å²) in [4.78, 5) is 23.1. The summed E-state index contributed by atoms with van der Waals surface area (Å²) in [6.45, 7) is 0.954. The SMILES string of the molecule is [B]C(=O)OCCCCCCOc1ccc2sc3ccccc3c(=O)c2c1. The molecule has 0 unspecified atom stereocenters. The summed E-state index contributed by atoms with van der Waals surface area (Å²) >= 11 is 1.62. The Kier molecular flexibility index (Phi) is 6.28. The van der Waals surface area contributed by atoms with Gasteiger partial charge in [-0.1, -0.05) is 12.1 Å². The number of ether oxygens (including phenoxy) is 2. The summed E-state index contributed by atoms with van der Waals surface area (Å²) in [5, 5.41) is 1.45. The number of rotatable bonds is 8. The summed E-state index contributed by atoms with van der Waals surface area (Å²) in [7, 11) is 4.90. The van der Waals surface area contributed by atoms with Crippen LogP contribution in [-0.4, -0.2) is 26.9 Å². The molecule has 0 bridgehead atoms. The molecule has 1 heterocycles. The van der Waals surface area contributed by atoms with E-state index in [1.807, 2.05) is 42.5 Å². The zero-order valence-electron chi connectivity index (χ0n) is 14.4. The summed E-state index contributed by atoms with van der Waals surface area (Å²) in [5.74, 6) is -0.00906. The molecule has 3 aromatic rings. The van der Waals surface area contributed by atoms with Crippen LogP contribution in [0, 0.1) is 0 Å². The van der Waals surface area contributed by atoms with Crippen molar-refractivity contribution < 1.29 is 14.3 Å². The van der Waals surface area contributed by atoms with E-state index in [1.165, 1.54) is 0 Å². The Morgan fingerprint density at radius 1 is 0.923 bits per heavy atom. The molecule has 0 saturated carbocycles. The first kappa shape index (κ1) is 18.5. The van der Waals surface area contributed by atoms with Crippen LogP contribution in [0.3, 0.4) is 0 Å². The van der Waals surface area contributed by atoms with Gasteiger partial charge in [0.25, 0.3) is 0 Å². The maximum Gasteiger partial charge on any atom is 0.235 e. The number of hydrogen-bond donors (Lipinski definition) is 0. The van der Waals surface area contributed by atoms with Crippen LogP contribution in [0.2, 0.25) is 0 Å². The first-order valence-corrected chi connectivity index (χ1v) is 9.47. The maximum absolute atomic E-state index is 12.7. The second-order valence-corrected chi connectivity index (χ2v) is 7.10. The van der Waals surface area contributed by atoms with E-state index >= 15 is 0 Å². The van der Waals surface area contributed by atoms with Crippen molar-refractivity contribution in [3.63, 3.8) is 0 Å². The van der Waals surface area contributed by atoms with Crippen LogP contribution >= 0.6 is 11.3 Å². The highest BCUT2D eigenvalue weighted by atomic mass is 32.1. The summed E-state index contributed by atoms with van der Waals surface area (Å²) in [5.41, 5.74) is 0.0502. The third-order valence-corrected chi connectivity index (χ3v) is 5.25. The lowest BCUT2D eigenvalue weighted by atomic mass is 10.1. The van der Waals surface area contributed by atoms with Gasteiger partial charge < -0.3 is 9.47 Å². The zero-order valence-corrected chi connectivity index (χ0v) is 15.2. The molecule has 3 rings (SSSR count). The second kappa shape index (κ2) is 8.85. The Morgan fingerprint density at radius 3 is 2.46 bits per heavy atom. The zero-order chi connectivity index (χ0) is 18.4. The molecule has 0 fully saturated rings. The monoisotopic (exact) mass is 366 g/mol. The van der Waals surface area contributed by atoms with Crippen molar-refractivity contribution in [3.05, 3.63) is 52.7 Å². The number of carbonyl (C=O) groups is 1. The predicted molar refractivity (Wildman–Crippen MR) is 107 cm³/mol. The number of hydrogen-bond acceptors (Lipinski definition) is 5. The van der Waals surface area contributed by atoms with Crippen molar-refractivity contribution in [1.82, 2.24) is 0 Å². The largest absolute Gasteiger partial charge is 0.494 e. The van der Waals surface area contributed by atoms with Crippen LogP contribution in [0.25, 0.3) is 20.2 Å². The van der Waals surface area contributed by atoms with Gasteiger partial charge in [0.1, 0.15) is 5.75 Å². The molecule has 0 aliphatic rings. The normalized spacial score (nSPS) is 10.9. The fourth-order valence-electron chi connectivity index (χ4n) is 2.79. The van der Waals surface area contributed by atoms with Crippen LogP contribution in [0.5, 0.6) is 5.75 Å². The van der Waals surface area contributed by atoms with E-state index in [9.17, 15) is 9.59 Å². The van der Waals surface area contributed by atoms with Crippen molar-refractivity contribution in [3.8, 4) is 5.75 Å². The Balaban J connectivity index is 1.56. The van der Waals surface area contributed by atoms with E-state index in [2.05, 4.69) is 4.74 Å². The van der Waals surface area contributed by atoms with Crippen LogP contribution in [0.15, 0.2) is 47.3 Å². The highest BCUT2D eigenvalue weighted by molar-refractivity contribution is 7.24. The highest BCUT2D eigenvalue weighted by Crippen LogP contribution is 2.27. The van der Waals surface area contributed by atoms with Gasteiger partial charge in [-0.15, -0.1) is 11.3 Å². The lowest BCUT2D eigenvalue weighted by Gasteiger charge is -2.08. The topological polar surface area (TPSA) is 52.6 Å². The minimum Gasteiger partial charge on any atom is -0.494 e. The smallest absolute Gasteiger partial charge is 0.235 e.